The fourth-order valence-corrected chi connectivity index (χ4v) is 9.27. The van der Waals surface area contributed by atoms with Crippen LogP contribution in [-0.2, 0) is 47.6 Å². The topological polar surface area (TPSA) is 130 Å². The van der Waals surface area contributed by atoms with Crippen molar-refractivity contribution in [1.82, 2.24) is 0 Å². The summed E-state index contributed by atoms with van der Waals surface area (Å²) in [6, 6.07) is 0. The lowest BCUT2D eigenvalue weighted by Crippen LogP contribution is -2.37. The fraction of sp³-hybridized carbons (Fsp3) is 0.918. The number of esters is 4. The maximum absolute atomic E-state index is 13.0. The van der Waals surface area contributed by atoms with Crippen LogP contribution < -0.4 is 0 Å². The average Bonchev–Trinajstić information content (AvgIpc) is 4.18. The van der Waals surface area contributed by atoms with Crippen molar-refractivity contribution in [2.45, 2.75) is 237 Å². The average molecular weight is 833 g/mol. The number of carbonyl (C=O) groups is 4. The second-order valence-corrected chi connectivity index (χ2v) is 18.3. The Balaban J connectivity index is 0.914. The van der Waals surface area contributed by atoms with Crippen LogP contribution in [0.4, 0.5) is 0 Å². The summed E-state index contributed by atoms with van der Waals surface area (Å²) >= 11 is 0. The molecular formula is C49H84O10. The van der Waals surface area contributed by atoms with Crippen LogP contribution in [0.5, 0.6) is 0 Å². The molecule has 2 heterocycles. The molecule has 8 atom stereocenters. The molecule has 10 nitrogen and oxygen atoms in total. The van der Waals surface area contributed by atoms with Crippen molar-refractivity contribution in [2.75, 3.05) is 26.4 Å². The molecule has 2 saturated carbocycles. The van der Waals surface area contributed by atoms with Gasteiger partial charge < -0.3 is 28.4 Å². The van der Waals surface area contributed by atoms with Crippen LogP contribution in [0.2, 0.25) is 0 Å². The monoisotopic (exact) mass is 833 g/mol. The SMILES string of the molecule is CCCCCCCCCOC(=O)C1CC2OC2CC1C(=O)OCCCCCCCCCCCCCCCOC(=O)C1CC2OC2CC1C(=O)OCCCCCCCCC. The largest absolute Gasteiger partial charge is 0.465 e. The Kier molecular flexibility index (Phi) is 25.1. The van der Waals surface area contributed by atoms with Crippen molar-refractivity contribution < 1.29 is 47.6 Å². The first-order valence-corrected chi connectivity index (χ1v) is 24.9. The summed E-state index contributed by atoms with van der Waals surface area (Å²) in [5, 5.41) is 0. The molecule has 340 valence electrons. The molecule has 0 aromatic carbocycles. The van der Waals surface area contributed by atoms with Gasteiger partial charge in [0, 0.05) is 0 Å². The number of epoxide rings is 2. The Morgan fingerprint density at radius 3 is 0.712 bits per heavy atom. The Hall–Kier alpha value is -2.20. The van der Waals surface area contributed by atoms with Crippen molar-refractivity contribution in [3.8, 4) is 0 Å². The molecule has 0 amide bonds. The second kappa shape index (κ2) is 29.9. The molecule has 4 rings (SSSR count). The summed E-state index contributed by atoms with van der Waals surface area (Å²) in [5.41, 5.74) is 0. The van der Waals surface area contributed by atoms with E-state index in [0.717, 1.165) is 64.2 Å². The highest BCUT2D eigenvalue weighted by atomic mass is 16.6. The molecule has 2 aliphatic carbocycles. The highest BCUT2D eigenvalue weighted by molar-refractivity contribution is 5.83. The minimum atomic E-state index is -0.449. The van der Waals surface area contributed by atoms with Gasteiger partial charge in [0.15, 0.2) is 0 Å². The Morgan fingerprint density at radius 2 is 0.508 bits per heavy atom. The highest BCUT2D eigenvalue weighted by Crippen LogP contribution is 2.45. The van der Waals surface area contributed by atoms with E-state index in [1.54, 1.807) is 0 Å². The summed E-state index contributed by atoms with van der Waals surface area (Å²) < 4.78 is 33.9. The van der Waals surface area contributed by atoms with E-state index >= 15 is 0 Å². The number of rotatable bonds is 36. The smallest absolute Gasteiger partial charge is 0.309 e. The van der Waals surface area contributed by atoms with Gasteiger partial charge in [-0.05, 0) is 51.4 Å². The number of fused-ring (bicyclic) bond motifs is 2. The predicted octanol–water partition coefficient (Wildman–Crippen LogP) is 11.3. The van der Waals surface area contributed by atoms with E-state index < -0.39 is 23.7 Å². The van der Waals surface area contributed by atoms with Gasteiger partial charge in [0.25, 0.3) is 0 Å². The van der Waals surface area contributed by atoms with Gasteiger partial charge in [0.2, 0.25) is 0 Å². The van der Waals surface area contributed by atoms with E-state index in [1.807, 2.05) is 0 Å². The van der Waals surface area contributed by atoms with E-state index in [0.29, 0.717) is 52.1 Å². The molecule has 4 aliphatic rings. The first-order valence-electron chi connectivity index (χ1n) is 24.9. The lowest BCUT2D eigenvalue weighted by molar-refractivity contribution is -0.162. The molecule has 0 spiro atoms. The zero-order valence-corrected chi connectivity index (χ0v) is 37.5. The van der Waals surface area contributed by atoms with Crippen LogP contribution in [0.3, 0.4) is 0 Å². The number of carbonyl (C=O) groups excluding carboxylic acids is 4. The van der Waals surface area contributed by atoms with Gasteiger partial charge in [-0.3, -0.25) is 19.2 Å². The van der Waals surface area contributed by atoms with Gasteiger partial charge in [-0.25, -0.2) is 0 Å². The van der Waals surface area contributed by atoms with Gasteiger partial charge in [-0.15, -0.1) is 0 Å². The van der Waals surface area contributed by atoms with Crippen LogP contribution in [0.1, 0.15) is 213 Å². The highest BCUT2D eigenvalue weighted by Gasteiger charge is 2.54. The van der Waals surface area contributed by atoms with E-state index in [1.165, 1.54) is 109 Å². The van der Waals surface area contributed by atoms with Crippen LogP contribution >= 0.6 is 0 Å². The summed E-state index contributed by atoms with van der Waals surface area (Å²) in [7, 11) is 0. The van der Waals surface area contributed by atoms with Crippen molar-refractivity contribution in [2.24, 2.45) is 23.7 Å². The number of ether oxygens (including phenoxy) is 6. The van der Waals surface area contributed by atoms with Crippen molar-refractivity contribution in [3.63, 3.8) is 0 Å². The predicted molar refractivity (Wildman–Crippen MR) is 230 cm³/mol. The second-order valence-electron chi connectivity index (χ2n) is 18.3. The molecule has 4 fully saturated rings. The van der Waals surface area contributed by atoms with Crippen molar-refractivity contribution >= 4 is 23.9 Å². The Bertz CT molecular complexity index is 1090. The summed E-state index contributed by atoms with van der Waals surface area (Å²) in [6.45, 7) is 6.14. The minimum Gasteiger partial charge on any atom is -0.465 e. The zero-order valence-electron chi connectivity index (χ0n) is 37.5. The van der Waals surface area contributed by atoms with Gasteiger partial charge in [-0.2, -0.15) is 0 Å². The van der Waals surface area contributed by atoms with Crippen molar-refractivity contribution in [3.05, 3.63) is 0 Å². The summed E-state index contributed by atoms with van der Waals surface area (Å²) in [6.07, 6.45) is 33.8. The molecule has 2 aliphatic heterocycles. The van der Waals surface area contributed by atoms with Crippen LogP contribution in [0, 0.1) is 23.7 Å². The van der Waals surface area contributed by atoms with Crippen LogP contribution in [0.15, 0.2) is 0 Å². The van der Waals surface area contributed by atoms with E-state index in [-0.39, 0.29) is 48.3 Å². The molecule has 0 aromatic heterocycles. The maximum Gasteiger partial charge on any atom is 0.309 e. The number of hydrogen-bond acceptors (Lipinski definition) is 10. The van der Waals surface area contributed by atoms with Gasteiger partial charge in [0.05, 0.1) is 74.5 Å². The molecule has 0 bridgehead atoms. The summed E-state index contributed by atoms with van der Waals surface area (Å²) in [4.78, 5) is 51.8. The molecule has 0 radical (unpaired) electrons. The molecule has 59 heavy (non-hydrogen) atoms. The normalized spacial score (nSPS) is 25.4. The van der Waals surface area contributed by atoms with Gasteiger partial charge in [0.1, 0.15) is 0 Å². The standard InChI is InChI=1S/C49H84O10/c1-3-5-7-9-18-22-26-30-54-46(50)38-34-42-44(58-42)36-40(38)48(52)56-32-28-24-20-16-14-12-11-13-15-17-21-25-29-33-57-49(53)41-37-45-43(59-45)35-39(41)47(51)55-31-27-23-19-10-8-6-4-2/h38-45H,3-37H2,1-2H3. The minimum absolute atomic E-state index is 0.0930. The quantitative estimate of drug-likeness (QED) is 0.0260. The first-order chi connectivity index (χ1) is 28.9. The Morgan fingerprint density at radius 1 is 0.322 bits per heavy atom. The lowest BCUT2D eigenvalue weighted by Gasteiger charge is -2.26. The molecule has 8 unspecified atom stereocenters. The van der Waals surface area contributed by atoms with Gasteiger partial charge >= 0.3 is 23.9 Å². The third-order valence-corrected chi connectivity index (χ3v) is 13.3. The molecule has 10 heteroatoms. The maximum atomic E-state index is 13.0. The van der Waals surface area contributed by atoms with Crippen LogP contribution in [0.25, 0.3) is 0 Å². The molecule has 0 aromatic rings. The third kappa shape index (κ3) is 20.0. The lowest BCUT2D eigenvalue weighted by atomic mass is 9.79. The van der Waals surface area contributed by atoms with Crippen LogP contribution in [-0.4, -0.2) is 74.7 Å². The number of hydrogen-bond donors (Lipinski definition) is 0. The molecule has 0 N–H and O–H groups in total. The molecular weight excluding hydrogens is 749 g/mol. The van der Waals surface area contributed by atoms with Gasteiger partial charge in [-0.1, -0.05) is 162 Å². The van der Waals surface area contributed by atoms with Crippen molar-refractivity contribution in [1.29, 1.82) is 0 Å². The van der Waals surface area contributed by atoms with E-state index in [2.05, 4.69) is 13.8 Å². The zero-order chi connectivity index (χ0) is 41.9. The van der Waals surface area contributed by atoms with E-state index in [9.17, 15) is 19.2 Å². The summed E-state index contributed by atoms with van der Waals surface area (Å²) in [5.74, 6) is -2.82. The van der Waals surface area contributed by atoms with E-state index in [4.69, 9.17) is 28.4 Å². The third-order valence-electron chi connectivity index (χ3n) is 13.3. The first kappa shape index (κ1) is 49.5. The Labute approximate surface area is 358 Å². The number of unbranched alkanes of at least 4 members (excludes halogenated alkanes) is 24. The fourth-order valence-electron chi connectivity index (χ4n) is 9.27. The molecule has 2 saturated heterocycles.